The maximum Gasteiger partial charge on any atom is 0.236 e. The van der Waals surface area contributed by atoms with E-state index in [9.17, 15) is 10.1 Å². The summed E-state index contributed by atoms with van der Waals surface area (Å²) in [4.78, 5) is 21.9. The van der Waals surface area contributed by atoms with Gasteiger partial charge >= 0.3 is 0 Å². The van der Waals surface area contributed by atoms with Crippen LogP contribution in [0.25, 0.3) is 33.6 Å². The summed E-state index contributed by atoms with van der Waals surface area (Å²) in [6.07, 6.45) is 0. The van der Waals surface area contributed by atoms with Crippen LogP contribution in [0.3, 0.4) is 0 Å². The molecule has 8 heteroatoms. The van der Waals surface area contributed by atoms with E-state index in [1.54, 1.807) is 19.2 Å². The second kappa shape index (κ2) is 11.7. The van der Waals surface area contributed by atoms with Crippen LogP contribution in [0.1, 0.15) is 5.56 Å². The van der Waals surface area contributed by atoms with Crippen LogP contribution in [-0.4, -0.2) is 28.7 Å². The molecule has 0 unspecified atom stereocenters. The second-order valence-corrected chi connectivity index (χ2v) is 10.0. The number of methoxy groups -OCH3 is 1. The van der Waals surface area contributed by atoms with Crippen LogP contribution in [-0.2, 0) is 4.79 Å². The van der Waals surface area contributed by atoms with Gasteiger partial charge < -0.3 is 10.1 Å². The first-order valence-electron chi connectivity index (χ1n) is 11.7. The summed E-state index contributed by atoms with van der Waals surface area (Å²) < 4.78 is 5.21. The number of carbonyl (C=O) groups is 1. The van der Waals surface area contributed by atoms with Crippen molar-refractivity contribution in [3.63, 3.8) is 0 Å². The molecule has 6 nitrogen and oxygen atoms in total. The zero-order valence-corrected chi connectivity index (χ0v) is 22.1. The first kappa shape index (κ1) is 25.2. The van der Waals surface area contributed by atoms with Gasteiger partial charge in [-0.05, 0) is 47.5 Å². The number of thioether (sulfide) groups is 1. The molecule has 0 spiro atoms. The molecule has 0 atom stereocenters. The number of rotatable bonds is 8. The van der Waals surface area contributed by atoms with E-state index in [0.717, 1.165) is 39.4 Å². The van der Waals surface area contributed by atoms with Crippen molar-refractivity contribution in [2.24, 2.45) is 0 Å². The minimum Gasteiger partial charge on any atom is -0.497 e. The molecule has 5 rings (SSSR count). The number of pyridine rings is 1. The predicted molar refractivity (Wildman–Crippen MR) is 153 cm³/mol. The number of nitriles is 1. The van der Waals surface area contributed by atoms with Crippen LogP contribution in [0.2, 0.25) is 0 Å². The molecular formula is C30H22N4O2S2. The Balaban J connectivity index is 1.22. The Kier molecular flexibility index (Phi) is 7.78. The summed E-state index contributed by atoms with van der Waals surface area (Å²) in [5, 5.41) is 15.3. The van der Waals surface area contributed by atoms with Crippen LogP contribution in [0.4, 0.5) is 5.13 Å². The van der Waals surface area contributed by atoms with Crippen LogP contribution < -0.4 is 10.1 Å². The fourth-order valence-electron chi connectivity index (χ4n) is 3.78. The first-order valence-corrected chi connectivity index (χ1v) is 13.6. The summed E-state index contributed by atoms with van der Waals surface area (Å²) >= 11 is 2.60. The van der Waals surface area contributed by atoms with Gasteiger partial charge in [-0.15, -0.1) is 11.3 Å². The lowest BCUT2D eigenvalue weighted by molar-refractivity contribution is -0.113. The molecule has 1 amide bonds. The van der Waals surface area contributed by atoms with E-state index in [0.29, 0.717) is 15.7 Å². The molecular weight excluding hydrogens is 512 g/mol. The number of anilines is 1. The smallest absolute Gasteiger partial charge is 0.236 e. The number of nitrogens with one attached hydrogen (secondary N) is 1. The lowest BCUT2D eigenvalue weighted by Crippen LogP contribution is -2.14. The third-order valence-corrected chi connectivity index (χ3v) is 7.49. The number of hydrogen-bond donors (Lipinski definition) is 1. The van der Waals surface area contributed by atoms with Gasteiger partial charge in [0.2, 0.25) is 5.91 Å². The van der Waals surface area contributed by atoms with Crippen LogP contribution in [0.5, 0.6) is 5.75 Å². The number of amides is 1. The van der Waals surface area contributed by atoms with Crippen LogP contribution in [0, 0.1) is 11.3 Å². The average molecular weight is 535 g/mol. The highest BCUT2D eigenvalue weighted by atomic mass is 32.2. The van der Waals surface area contributed by atoms with E-state index < -0.39 is 0 Å². The number of aromatic nitrogens is 2. The topological polar surface area (TPSA) is 87.9 Å². The molecule has 2 aromatic heterocycles. The number of hydrogen-bond acceptors (Lipinski definition) is 7. The number of carbonyl (C=O) groups excluding carboxylic acids is 1. The lowest BCUT2D eigenvalue weighted by Gasteiger charge is -2.07. The Labute approximate surface area is 229 Å². The second-order valence-electron chi connectivity index (χ2n) is 8.21. The van der Waals surface area contributed by atoms with E-state index in [1.807, 2.05) is 60.0 Å². The van der Waals surface area contributed by atoms with Crippen molar-refractivity contribution in [1.82, 2.24) is 9.97 Å². The van der Waals surface area contributed by atoms with Gasteiger partial charge in [0, 0.05) is 16.5 Å². The summed E-state index contributed by atoms with van der Waals surface area (Å²) in [6, 6.07) is 31.6. The maximum atomic E-state index is 12.7. The third-order valence-electron chi connectivity index (χ3n) is 5.74. The SMILES string of the molecule is COc1ccc(-c2ccc(C#N)c(SCC(=O)Nc3nc(-c4ccc(-c5ccccc5)cc4)cs3)n2)cc1. The quantitative estimate of drug-likeness (QED) is 0.213. The summed E-state index contributed by atoms with van der Waals surface area (Å²) in [6.45, 7) is 0. The van der Waals surface area contributed by atoms with Crippen molar-refractivity contribution in [1.29, 1.82) is 5.26 Å². The molecule has 38 heavy (non-hydrogen) atoms. The number of nitrogens with zero attached hydrogens (tertiary/aromatic N) is 3. The fourth-order valence-corrected chi connectivity index (χ4v) is 5.28. The molecule has 0 fully saturated rings. The molecule has 186 valence electrons. The molecule has 0 aliphatic carbocycles. The van der Waals surface area contributed by atoms with E-state index in [4.69, 9.17) is 4.74 Å². The van der Waals surface area contributed by atoms with Gasteiger partial charge in [-0.3, -0.25) is 4.79 Å². The van der Waals surface area contributed by atoms with E-state index in [-0.39, 0.29) is 11.7 Å². The molecule has 0 saturated carbocycles. The van der Waals surface area contributed by atoms with Crippen LogP contribution in [0.15, 0.2) is 101 Å². The van der Waals surface area contributed by atoms with Gasteiger partial charge in [0.15, 0.2) is 5.13 Å². The Hall–Kier alpha value is -4.45. The molecule has 1 N–H and O–H groups in total. The molecule has 3 aromatic carbocycles. The summed E-state index contributed by atoms with van der Waals surface area (Å²) in [5.74, 6) is 0.646. The number of thiazole rings is 1. The van der Waals surface area contributed by atoms with E-state index in [1.165, 1.54) is 23.1 Å². The average Bonchev–Trinajstić information content (AvgIpc) is 3.45. The van der Waals surface area contributed by atoms with Crippen molar-refractivity contribution >= 4 is 34.1 Å². The largest absolute Gasteiger partial charge is 0.497 e. The first-order chi connectivity index (χ1) is 18.6. The zero-order chi connectivity index (χ0) is 26.3. The molecule has 5 aromatic rings. The summed E-state index contributed by atoms with van der Waals surface area (Å²) in [5.41, 5.74) is 6.12. The lowest BCUT2D eigenvalue weighted by atomic mass is 10.0. The summed E-state index contributed by atoms with van der Waals surface area (Å²) in [7, 11) is 1.62. The highest BCUT2D eigenvalue weighted by Gasteiger charge is 2.13. The van der Waals surface area contributed by atoms with Crippen molar-refractivity contribution in [2.75, 3.05) is 18.2 Å². The Bertz CT molecular complexity index is 1590. The monoisotopic (exact) mass is 534 g/mol. The Morgan fingerprint density at radius 2 is 1.53 bits per heavy atom. The van der Waals surface area contributed by atoms with Gasteiger partial charge in [-0.2, -0.15) is 5.26 Å². The molecule has 0 aliphatic heterocycles. The molecule has 2 heterocycles. The van der Waals surface area contributed by atoms with Gasteiger partial charge in [0.25, 0.3) is 0 Å². The van der Waals surface area contributed by atoms with Crippen molar-refractivity contribution < 1.29 is 9.53 Å². The predicted octanol–water partition coefficient (Wildman–Crippen LogP) is 7.15. The molecule has 0 saturated heterocycles. The number of ether oxygens (including phenoxy) is 1. The van der Waals surface area contributed by atoms with E-state index >= 15 is 0 Å². The van der Waals surface area contributed by atoms with Crippen molar-refractivity contribution in [2.45, 2.75) is 5.03 Å². The van der Waals surface area contributed by atoms with Gasteiger partial charge in [-0.1, -0.05) is 66.4 Å². The highest BCUT2D eigenvalue weighted by Crippen LogP contribution is 2.29. The molecule has 0 radical (unpaired) electrons. The van der Waals surface area contributed by atoms with Crippen molar-refractivity contribution in [3.05, 3.63) is 102 Å². The van der Waals surface area contributed by atoms with Crippen molar-refractivity contribution in [3.8, 4) is 45.5 Å². The molecule has 0 bridgehead atoms. The Morgan fingerprint density at radius 1 is 0.868 bits per heavy atom. The Morgan fingerprint density at radius 3 is 2.24 bits per heavy atom. The zero-order valence-electron chi connectivity index (χ0n) is 20.4. The number of benzene rings is 3. The van der Waals surface area contributed by atoms with Gasteiger partial charge in [-0.25, -0.2) is 9.97 Å². The van der Waals surface area contributed by atoms with Gasteiger partial charge in [0.1, 0.15) is 16.8 Å². The van der Waals surface area contributed by atoms with E-state index in [2.05, 4.69) is 45.6 Å². The fraction of sp³-hybridized carbons (Fsp3) is 0.0667. The maximum absolute atomic E-state index is 12.7. The van der Waals surface area contributed by atoms with Crippen LogP contribution >= 0.6 is 23.1 Å². The minimum absolute atomic E-state index is 0.106. The third kappa shape index (κ3) is 5.92. The normalized spacial score (nSPS) is 10.5. The van der Waals surface area contributed by atoms with Gasteiger partial charge in [0.05, 0.1) is 29.8 Å². The highest BCUT2D eigenvalue weighted by molar-refractivity contribution is 8.00. The minimum atomic E-state index is -0.212. The molecule has 0 aliphatic rings. The standard InChI is InChI=1S/C30H22N4O2S2/c1-36-25-14-11-22(12-15-25)26-16-13-24(17-31)29(32-26)37-19-28(35)34-30-33-27(18-38-30)23-9-7-21(8-10-23)20-5-3-2-4-6-20/h2-16,18H,19H2,1H3,(H,33,34,35).